The molecule has 1 N–H and O–H groups in total. The quantitative estimate of drug-likeness (QED) is 0.906. The van der Waals surface area contributed by atoms with E-state index in [1.807, 2.05) is 24.3 Å². The maximum atomic E-state index is 12.1. The van der Waals surface area contributed by atoms with Crippen molar-refractivity contribution >= 4 is 17.5 Å². The van der Waals surface area contributed by atoms with E-state index in [1.165, 1.54) is 0 Å². The number of rotatable bonds is 5. The standard InChI is InChI=1S/C15H19ClF2N2O/c16-13-6-2-1-4-11(13)9-20-7-3-5-12(10-20)15(21)19-8-14(17)18/h1-2,4,6,12,14H,3,5,7-10H2,(H,19,21). The zero-order chi connectivity index (χ0) is 15.2. The molecule has 1 aromatic rings. The summed E-state index contributed by atoms with van der Waals surface area (Å²) in [6, 6.07) is 7.61. The minimum Gasteiger partial charge on any atom is -0.350 e. The largest absolute Gasteiger partial charge is 0.350 e. The van der Waals surface area contributed by atoms with E-state index in [0.29, 0.717) is 18.1 Å². The zero-order valence-corrected chi connectivity index (χ0v) is 12.5. The molecule has 1 unspecified atom stereocenters. The molecule has 0 saturated carbocycles. The van der Waals surface area contributed by atoms with Gasteiger partial charge in [0, 0.05) is 18.1 Å². The highest BCUT2D eigenvalue weighted by Gasteiger charge is 2.26. The van der Waals surface area contributed by atoms with Crippen LogP contribution in [0.25, 0.3) is 0 Å². The second-order valence-corrected chi connectivity index (χ2v) is 5.71. The number of carbonyl (C=O) groups excluding carboxylic acids is 1. The lowest BCUT2D eigenvalue weighted by Gasteiger charge is -2.32. The summed E-state index contributed by atoms with van der Waals surface area (Å²) in [5.41, 5.74) is 1.02. The zero-order valence-electron chi connectivity index (χ0n) is 11.7. The molecule has 2 rings (SSSR count). The Hall–Kier alpha value is -1.20. The summed E-state index contributed by atoms with van der Waals surface area (Å²) in [5.74, 6) is -0.501. The highest BCUT2D eigenvalue weighted by Crippen LogP contribution is 2.22. The Morgan fingerprint density at radius 1 is 1.43 bits per heavy atom. The number of hydrogen-bond acceptors (Lipinski definition) is 2. The summed E-state index contributed by atoms with van der Waals surface area (Å²) in [5, 5.41) is 3.02. The van der Waals surface area contributed by atoms with Crippen molar-refractivity contribution in [3.8, 4) is 0 Å². The van der Waals surface area contributed by atoms with Crippen LogP contribution in [0, 0.1) is 5.92 Å². The second kappa shape index (κ2) is 7.71. The van der Waals surface area contributed by atoms with Gasteiger partial charge in [0.25, 0.3) is 6.43 Å². The number of benzene rings is 1. The van der Waals surface area contributed by atoms with E-state index in [0.717, 1.165) is 24.9 Å². The molecule has 116 valence electrons. The summed E-state index contributed by atoms with van der Waals surface area (Å²) in [6.45, 7) is 1.59. The number of hydrogen-bond donors (Lipinski definition) is 1. The maximum Gasteiger partial charge on any atom is 0.255 e. The first-order chi connectivity index (χ1) is 10.1. The molecule has 0 radical (unpaired) electrons. The highest BCUT2D eigenvalue weighted by atomic mass is 35.5. The van der Waals surface area contributed by atoms with Crippen LogP contribution in [0.15, 0.2) is 24.3 Å². The Morgan fingerprint density at radius 3 is 2.90 bits per heavy atom. The van der Waals surface area contributed by atoms with Crippen molar-refractivity contribution in [2.45, 2.75) is 25.8 Å². The number of nitrogens with zero attached hydrogens (tertiary/aromatic N) is 1. The van der Waals surface area contributed by atoms with E-state index in [4.69, 9.17) is 11.6 Å². The second-order valence-electron chi connectivity index (χ2n) is 5.30. The maximum absolute atomic E-state index is 12.1. The minimum atomic E-state index is -2.50. The van der Waals surface area contributed by atoms with Gasteiger partial charge in [0.2, 0.25) is 5.91 Å². The molecule has 6 heteroatoms. The van der Waals surface area contributed by atoms with E-state index in [-0.39, 0.29) is 11.8 Å². The summed E-state index contributed by atoms with van der Waals surface area (Å²) >= 11 is 6.14. The monoisotopic (exact) mass is 316 g/mol. The van der Waals surface area contributed by atoms with Crippen molar-refractivity contribution in [1.29, 1.82) is 0 Å². The number of nitrogens with one attached hydrogen (secondary N) is 1. The normalized spacial score (nSPS) is 19.7. The molecule has 0 spiro atoms. The number of carbonyl (C=O) groups is 1. The van der Waals surface area contributed by atoms with Gasteiger partial charge in [-0.2, -0.15) is 0 Å². The van der Waals surface area contributed by atoms with E-state index in [1.54, 1.807) is 0 Å². The van der Waals surface area contributed by atoms with Crippen LogP contribution < -0.4 is 5.32 Å². The fourth-order valence-corrected chi connectivity index (χ4v) is 2.80. The average Bonchev–Trinajstić information content (AvgIpc) is 2.47. The van der Waals surface area contributed by atoms with Crippen molar-refractivity contribution in [2.24, 2.45) is 5.92 Å². The van der Waals surface area contributed by atoms with Gasteiger partial charge >= 0.3 is 0 Å². The topological polar surface area (TPSA) is 32.3 Å². The van der Waals surface area contributed by atoms with E-state index in [2.05, 4.69) is 10.2 Å². The Balaban J connectivity index is 1.89. The first kappa shape index (κ1) is 16.2. The number of likely N-dealkylation sites (tertiary alicyclic amines) is 1. The van der Waals surface area contributed by atoms with Gasteiger partial charge in [-0.15, -0.1) is 0 Å². The van der Waals surface area contributed by atoms with Crippen LogP contribution in [0.4, 0.5) is 8.78 Å². The number of halogens is 3. The van der Waals surface area contributed by atoms with Crippen LogP contribution in [0.1, 0.15) is 18.4 Å². The SMILES string of the molecule is O=C(NCC(F)F)C1CCCN(Cc2ccccc2Cl)C1. The Morgan fingerprint density at radius 2 is 2.19 bits per heavy atom. The lowest BCUT2D eigenvalue weighted by Crippen LogP contribution is -2.43. The van der Waals surface area contributed by atoms with Crippen LogP contribution >= 0.6 is 11.6 Å². The third-order valence-electron chi connectivity index (χ3n) is 3.66. The molecule has 0 bridgehead atoms. The van der Waals surface area contributed by atoms with Crippen molar-refractivity contribution in [2.75, 3.05) is 19.6 Å². The minimum absolute atomic E-state index is 0.222. The smallest absolute Gasteiger partial charge is 0.255 e. The molecule has 1 aromatic carbocycles. The van der Waals surface area contributed by atoms with Gasteiger partial charge in [-0.1, -0.05) is 29.8 Å². The molecule has 0 aliphatic carbocycles. The van der Waals surface area contributed by atoms with Crippen LogP contribution in [0.3, 0.4) is 0 Å². The highest BCUT2D eigenvalue weighted by molar-refractivity contribution is 6.31. The van der Waals surface area contributed by atoms with Gasteiger partial charge in [-0.3, -0.25) is 9.69 Å². The van der Waals surface area contributed by atoms with Crippen LogP contribution in [0.2, 0.25) is 5.02 Å². The first-order valence-electron chi connectivity index (χ1n) is 7.08. The number of amides is 1. The van der Waals surface area contributed by atoms with Crippen molar-refractivity contribution in [3.63, 3.8) is 0 Å². The van der Waals surface area contributed by atoms with Crippen LogP contribution in [0.5, 0.6) is 0 Å². The molecule has 1 saturated heterocycles. The van der Waals surface area contributed by atoms with Crippen LogP contribution in [-0.4, -0.2) is 36.9 Å². The number of alkyl halides is 2. The van der Waals surface area contributed by atoms with Gasteiger partial charge in [-0.05, 0) is 31.0 Å². The fourth-order valence-electron chi connectivity index (χ4n) is 2.60. The molecule has 1 heterocycles. The number of piperidine rings is 1. The fraction of sp³-hybridized carbons (Fsp3) is 0.533. The van der Waals surface area contributed by atoms with Crippen molar-refractivity contribution < 1.29 is 13.6 Å². The lowest BCUT2D eigenvalue weighted by molar-refractivity contribution is -0.127. The molecular formula is C15H19ClF2N2O. The molecule has 1 aliphatic rings. The Kier molecular flexibility index (Phi) is 5.94. The lowest BCUT2D eigenvalue weighted by atomic mass is 9.96. The van der Waals surface area contributed by atoms with Gasteiger partial charge in [0.05, 0.1) is 12.5 Å². The summed E-state index contributed by atoms with van der Waals surface area (Å²) in [6.07, 6.45) is -0.873. The molecule has 21 heavy (non-hydrogen) atoms. The van der Waals surface area contributed by atoms with Crippen molar-refractivity contribution in [1.82, 2.24) is 10.2 Å². The van der Waals surface area contributed by atoms with Crippen molar-refractivity contribution in [3.05, 3.63) is 34.9 Å². The molecule has 0 aromatic heterocycles. The van der Waals surface area contributed by atoms with Gasteiger partial charge < -0.3 is 5.32 Å². The molecule has 1 fully saturated rings. The molecular weight excluding hydrogens is 298 g/mol. The molecule has 3 nitrogen and oxygen atoms in total. The predicted octanol–water partition coefficient (Wildman–Crippen LogP) is 2.93. The summed E-state index contributed by atoms with van der Waals surface area (Å²) < 4.78 is 24.3. The van der Waals surface area contributed by atoms with Gasteiger partial charge in [-0.25, -0.2) is 8.78 Å². The molecule has 1 aliphatic heterocycles. The van der Waals surface area contributed by atoms with Gasteiger partial charge in [0.1, 0.15) is 0 Å². The van der Waals surface area contributed by atoms with E-state index < -0.39 is 13.0 Å². The molecule has 1 amide bonds. The third-order valence-corrected chi connectivity index (χ3v) is 4.03. The summed E-state index contributed by atoms with van der Waals surface area (Å²) in [4.78, 5) is 14.0. The van der Waals surface area contributed by atoms with Crippen LogP contribution in [-0.2, 0) is 11.3 Å². The van der Waals surface area contributed by atoms with E-state index in [9.17, 15) is 13.6 Å². The Bertz CT molecular complexity index is 484. The van der Waals surface area contributed by atoms with Gasteiger partial charge in [0.15, 0.2) is 0 Å². The Labute approximate surface area is 128 Å². The summed E-state index contributed by atoms with van der Waals surface area (Å²) in [7, 11) is 0. The van der Waals surface area contributed by atoms with E-state index >= 15 is 0 Å². The third kappa shape index (κ3) is 4.93. The average molecular weight is 317 g/mol. The first-order valence-corrected chi connectivity index (χ1v) is 7.45. The molecule has 1 atom stereocenters. The predicted molar refractivity (Wildman–Crippen MR) is 78.5 cm³/mol.